The lowest BCUT2D eigenvalue weighted by molar-refractivity contribution is -0.152. The Hall–Kier alpha value is -2.62. The van der Waals surface area contributed by atoms with Gasteiger partial charge in [0.2, 0.25) is 0 Å². The lowest BCUT2D eigenvalue weighted by Gasteiger charge is -2.58. The first-order chi connectivity index (χ1) is 16.4. The molecule has 8 nitrogen and oxygen atoms in total. The Balaban J connectivity index is 1.56. The van der Waals surface area contributed by atoms with Crippen LogP contribution in [0.25, 0.3) is 0 Å². The van der Waals surface area contributed by atoms with Crippen molar-refractivity contribution in [2.45, 2.75) is 37.5 Å². The molecule has 2 aromatic rings. The molecule has 2 aliphatic heterocycles. The third-order valence-electron chi connectivity index (χ3n) is 6.68. The molecule has 4 atom stereocenters. The Bertz CT molecular complexity index is 1000. The summed E-state index contributed by atoms with van der Waals surface area (Å²) >= 11 is 3.51. The normalized spacial score (nSPS) is 24.8. The number of methoxy groups -OCH3 is 1. The van der Waals surface area contributed by atoms with Gasteiger partial charge in [0, 0.05) is 67.7 Å². The monoisotopic (exact) mass is 530 g/mol. The van der Waals surface area contributed by atoms with E-state index in [1.54, 1.807) is 7.11 Å². The number of esters is 1. The van der Waals surface area contributed by atoms with Gasteiger partial charge in [-0.3, -0.25) is 9.69 Å². The zero-order valence-corrected chi connectivity index (χ0v) is 21.0. The topological polar surface area (TPSA) is 97.1 Å². The molecule has 34 heavy (non-hydrogen) atoms. The summed E-state index contributed by atoms with van der Waals surface area (Å²) in [5.74, 6) is 0.597. The molecule has 3 N–H and O–H groups in total. The van der Waals surface area contributed by atoms with Crippen LogP contribution in [0.4, 0.5) is 10.5 Å². The van der Waals surface area contributed by atoms with Crippen LogP contribution >= 0.6 is 15.9 Å². The largest absolute Gasteiger partial charge is 0.497 e. The van der Waals surface area contributed by atoms with Gasteiger partial charge in [-0.25, -0.2) is 4.79 Å². The minimum absolute atomic E-state index is 0.0784. The Labute approximate surface area is 208 Å². The summed E-state index contributed by atoms with van der Waals surface area (Å²) in [6.07, 6.45) is 0.274. The van der Waals surface area contributed by atoms with Gasteiger partial charge in [-0.15, -0.1) is 0 Å². The maximum Gasteiger partial charge on any atom is 0.321 e. The van der Waals surface area contributed by atoms with Crippen LogP contribution in [0.3, 0.4) is 0 Å². The van der Waals surface area contributed by atoms with Crippen molar-refractivity contribution in [3.05, 3.63) is 58.6 Å². The number of nitrogens with zero attached hydrogens (tertiary/aromatic N) is 2. The summed E-state index contributed by atoms with van der Waals surface area (Å²) in [5, 5.41) is 2.99. The standard InChI is InChI=1S/C25H31BrN4O4/c1-16(31)34-21-11-12-29(25(32)28-19-7-9-20(33-2)10-8-19)15-23-24(22(13-27)30(23)14-21)17-3-5-18(26)6-4-17/h3-10,21-24H,11-15,27H2,1-2H3,(H,28,32)/t21?,22-,23+,24+/m1/s1. The summed E-state index contributed by atoms with van der Waals surface area (Å²) in [4.78, 5) is 29.1. The van der Waals surface area contributed by atoms with Gasteiger partial charge in [-0.1, -0.05) is 28.1 Å². The SMILES string of the molecule is COc1ccc(NC(=O)N2CCC(OC(C)=O)CN3[C@H](CN)[C@H](c4ccc(Br)cc4)[C@@H]3C2)cc1. The number of nitrogens with one attached hydrogen (secondary N) is 1. The molecule has 0 spiro atoms. The second-order valence-corrected chi connectivity index (χ2v) is 9.68. The quantitative estimate of drug-likeness (QED) is 0.575. The van der Waals surface area contributed by atoms with Gasteiger partial charge < -0.3 is 25.4 Å². The first-order valence-corrected chi connectivity index (χ1v) is 12.3. The Morgan fingerprint density at radius 3 is 2.44 bits per heavy atom. The highest BCUT2D eigenvalue weighted by molar-refractivity contribution is 9.10. The number of carbonyl (C=O) groups excluding carboxylic acids is 2. The second-order valence-electron chi connectivity index (χ2n) is 8.77. The number of fused-ring (bicyclic) bond motifs is 1. The fourth-order valence-electron chi connectivity index (χ4n) is 5.05. The van der Waals surface area contributed by atoms with E-state index in [4.69, 9.17) is 15.2 Å². The van der Waals surface area contributed by atoms with Gasteiger partial charge in [-0.05, 0) is 42.0 Å². The molecule has 9 heteroatoms. The van der Waals surface area contributed by atoms with Crippen LogP contribution in [0.15, 0.2) is 53.0 Å². The molecule has 2 saturated heterocycles. The average molecular weight is 531 g/mol. The maximum absolute atomic E-state index is 13.3. The van der Waals surface area contributed by atoms with E-state index in [0.29, 0.717) is 38.3 Å². The molecule has 4 rings (SSSR count). The van der Waals surface area contributed by atoms with E-state index in [1.807, 2.05) is 41.3 Å². The van der Waals surface area contributed by atoms with Crippen molar-refractivity contribution < 1.29 is 19.1 Å². The molecule has 2 aromatic carbocycles. The summed E-state index contributed by atoms with van der Waals surface area (Å²) < 4.78 is 11.8. The molecule has 2 amide bonds. The lowest BCUT2D eigenvalue weighted by atomic mass is 9.74. The molecule has 0 aliphatic carbocycles. The van der Waals surface area contributed by atoms with Crippen molar-refractivity contribution in [1.82, 2.24) is 9.80 Å². The molecule has 0 aromatic heterocycles. The van der Waals surface area contributed by atoms with Crippen LogP contribution in [0, 0.1) is 0 Å². The number of anilines is 1. The number of ether oxygens (including phenoxy) is 2. The molecule has 0 bridgehead atoms. The van der Waals surface area contributed by atoms with Gasteiger partial charge in [0.15, 0.2) is 0 Å². The number of carbonyl (C=O) groups is 2. The molecule has 0 saturated carbocycles. The summed E-state index contributed by atoms with van der Waals surface area (Å²) in [5.41, 5.74) is 8.08. The molecular weight excluding hydrogens is 500 g/mol. The smallest absolute Gasteiger partial charge is 0.321 e. The number of hydrogen-bond donors (Lipinski definition) is 2. The molecule has 1 unspecified atom stereocenters. The van der Waals surface area contributed by atoms with E-state index in [1.165, 1.54) is 12.5 Å². The predicted octanol–water partition coefficient (Wildman–Crippen LogP) is 3.42. The second kappa shape index (κ2) is 10.8. The predicted molar refractivity (Wildman–Crippen MR) is 134 cm³/mol. The minimum Gasteiger partial charge on any atom is -0.497 e. The van der Waals surface area contributed by atoms with E-state index in [9.17, 15) is 9.59 Å². The first kappa shape index (κ1) is 24.5. The summed E-state index contributed by atoms with van der Waals surface area (Å²) in [7, 11) is 1.61. The molecule has 2 fully saturated rings. The fraction of sp³-hybridized carbons (Fsp3) is 0.440. The summed E-state index contributed by atoms with van der Waals surface area (Å²) in [6, 6.07) is 15.5. The van der Waals surface area contributed by atoms with Crippen molar-refractivity contribution in [3.8, 4) is 5.75 Å². The Kier molecular flexibility index (Phi) is 7.75. The summed E-state index contributed by atoms with van der Waals surface area (Å²) in [6.45, 7) is 3.58. The Morgan fingerprint density at radius 1 is 1.12 bits per heavy atom. The number of halogens is 1. The van der Waals surface area contributed by atoms with Crippen LogP contribution in [0.1, 0.15) is 24.8 Å². The highest BCUT2D eigenvalue weighted by Crippen LogP contribution is 2.42. The average Bonchev–Trinajstić information content (AvgIpc) is 2.81. The van der Waals surface area contributed by atoms with Gasteiger partial charge in [0.1, 0.15) is 11.9 Å². The van der Waals surface area contributed by atoms with Crippen molar-refractivity contribution in [1.29, 1.82) is 0 Å². The molecule has 2 heterocycles. The number of urea groups is 1. The zero-order valence-electron chi connectivity index (χ0n) is 19.4. The molecule has 0 radical (unpaired) electrons. The Morgan fingerprint density at radius 2 is 1.82 bits per heavy atom. The number of benzene rings is 2. The van der Waals surface area contributed by atoms with Crippen molar-refractivity contribution >= 4 is 33.6 Å². The van der Waals surface area contributed by atoms with Gasteiger partial charge >= 0.3 is 12.0 Å². The van der Waals surface area contributed by atoms with Gasteiger partial charge in [0.05, 0.1) is 7.11 Å². The number of nitrogens with two attached hydrogens (primary N) is 1. The highest BCUT2D eigenvalue weighted by atomic mass is 79.9. The fourth-order valence-corrected chi connectivity index (χ4v) is 5.31. The number of hydrogen-bond acceptors (Lipinski definition) is 6. The van der Waals surface area contributed by atoms with Gasteiger partial charge in [-0.2, -0.15) is 0 Å². The minimum atomic E-state index is -0.314. The lowest BCUT2D eigenvalue weighted by Crippen LogP contribution is -2.70. The van der Waals surface area contributed by atoms with E-state index >= 15 is 0 Å². The van der Waals surface area contributed by atoms with Crippen LogP contribution in [0.2, 0.25) is 0 Å². The van der Waals surface area contributed by atoms with Crippen LogP contribution in [-0.4, -0.2) is 73.3 Å². The van der Waals surface area contributed by atoms with Crippen LogP contribution in [0.5, 0.6) is 5.75 Å². The number of amides is 2. The van der Waals surface area contributed by atoms with E-state index in [2.05, 4.69) is 38.3 Å². The maximum atomic E-state index is 13.3. The van der Waals surface area contributed by atoms with Crippen molar-refractivity contribution in [2.24, 2.45) is 5.73 Å². The van der Waals surface area contributed by atoms with Crippen molar-refractivity contribution in [3.63, 3.8) is 0 Å². The number of rotatable bonds is 5. The zero-order chi connectivity index (χ0) is 24.2. The first-order valence-electron chi connectivity index (χ1n) is 11.5. The molecule has 182 valence electrons. The van der Waals surface area contributed by atoms with Gasteiger partial charge in [0.25, 0.3) is 0 Å². The van der Waals surface area contributed by atoms with E-state index < -0.39 is 0 Å². The van der Waals surface area contributed by atoms with Crippen LogP contribution in [-0.2, 0) is 9.53 Å². The third kappa shape index (κ3) is 5.37. The van der Waals surface area contributed by atoms with Crippen LogP contribution < -0.4 is 15.8 Å². The third-order valence-corrected chi connectivity index (χ3v) is 7.21. The molecule has 2 aliphatic rings. The highest BCUT2D eigenvalue weighted by Gasteiger charge is 2.50. The van der Waals surface area contributed by atoms with E-state index in [-0.39, 0.29) is 36.1 Å². The van der Waals surface area contributed by atoms with Crippen molar-refractivity contribution in [2.75, 3.05) is 38.6 Å². The van der Waals surface area contributed by atoms with E-state index in [0.717, 1.165) is 10.2 Å². The molecular formula is C25H31BrN4O4.